The van der Waals surface area contributed by atoms with Crippen molar-refractivity contribution in [2.75, 3.05) is 18.7 Å². The Labute approximate surface area is 96.4 Å². The van der Waals surface area contributed by atoms with Crippen LogP contribution in [0.3, 0.4) is 0 Å². The SMILES string of the molecule is COC1CCC(NS(=O)(=O)CCCCl)C1. The molecule has 0 bridgehead atoms. The molecule has 0 aromatic carbocycles. The number of halogens is 1. The van der Waals surface area contributed by atoms with E-state index in [1.54, 1.807) is 7.11 Å². The Kier molecular flexibility index (Phi) is 5.32. The number of rotatable bonds is 6. The fourth-order valence-electron chi connectivity index (χ4n) is 1.82. The van der Waals surface area contributed by atoms with Crippen LogP contribution in [0.25, 0.3) is 0 Å². The minimum atomic E-state index is -3.15. The molecule has 0 aliphatic heterocycles. The van der Waals surface area contributed by atoms with E-state index in [1.165, 1.54) is 0 Å². The molecule has 1 N–H and O–H groups in total. The number of alkyl halides is 1. The van der Waals surface area contributed by atoms with Crippen molar-refractivity contribution in [1.29, 1.82) is 0 Å². The van der Waals surface area contributed by atoms with Crippen LogP contribution in [-0.2, 0) is 14.8 Å². The Bertz CT molecular complexity index is 281. The molecule has 1 fully saturated rings. The van der Waals surface area contributed by atoms with Gasteiger partial charge in [0.25, 0.3) is 0 Å². The average molecular weight is 256 g/mol. The summed E-state index contributed by atoms with van der Waals surface area (Å²) in [4.78, 5) is 0. The van der Waals surface area contributed by atoms with Gasteiger partial charge in [-0.15, -0.1) is 11.6 Å². The van der Waals surface area contributed by atoms with E-state index in [2.05, 4.69) is 4.72 Å². The first-order chi connectivity index (χ1) is 7.07. The molecule has 2 atom stereocenters. The van der Waals surface area contributed by atoms with Gasteiger partial charge in [0.1, 0.15) is 0 Å². The molecule has 0 amide bonds. The molecule has 0 aromatic rings. The van der Waals surface area contributed by atoms with Gasteiger partial charge in [0.05, 0.1) is 11.9 Å². The molecular formula is C9H18ClNO3S. The Hall–Kier alpha value is 0.160. The van der Waals surface area contributed by atoms with Gasteiger partial charge in [-0.25, -0.2) is 13.1 Å². The Morgan fingerprint density at radius 3 is 2.73 bits per heavy atom. The molecule has 1 aliphatic rings. The highest BCUT2D eigenvalue weighted by Gasteiger charge is 2.27. The second-order valence-corrected chi connectivity index (χ2v) is 6.10. The highest BCUT2D eigenvalue weighted by molar-refractivity contribution is 7.89. The monoisotopic (exact) mass is 255 g/mol. The van der Waals surface area contributed by atoms with Gasteiger partial charge in [-0.2, -0.15) is 0 Å². The highest BCUT2D eigenvalue weighted by Crippen LogP contribution is 2.21. The molecule has 0 heterocycles. The van der Waals surface area contributed by atoms with Gasteiger partial charge in [-0.1, -0.05) is 0 Å². The third-order valence-corrected chi connectivity index (χ3v) is 4.40. The van der Waals surface area contributed by atoms with Crippen molar-refractivity contribution in [2.24, 2.45) is 0 Å². The predicted octanol–water partition coefficient (Wildman–Crippen LogP) is 1.10. The van der Waals surface area contributed by atoms with E-state index < -0.39 is 10.0 Å². The van der Waals surface area contributed by atoms with E-state index in [0.29, 0.717) is 12.3 Å². The van der Waals surface area contributed by atoms with E-state index in [1.807, 2.05) is 0 Å². The number of methoxy groups -OCH3 is 1. The first kappa shape index (κ1) is 13.2. The Morgan fingerprint density at radius 1 is 1.47 bits per heavy atom. The summed E-state index contributed by atoms with van der Waals surface area (Å²) in [6.45, 7) is 0. The zero-order chi connectivity index (χ0) is 11.3. The summed E-state index contributed by atoms with van der Waals surface area (Å²) in [5, 5.41) is 0. The lowest BCUT2D eigenvalue weighted by atomic mass is 10.3. The van der Waals surface area contributed by atoms with E-state index in [0.717, 1.165) is 19.3 Å². The van der Waals surface area contributed by atoms with Crippen LogP contribution >= 0.6 is 11.6 Å². The smallest absolute Gasteiger partial charge is 0.211 e. The van der Waals surface area contributed by atoms with Crippen LogP contribution in [0.1, 0.15) is 25.7 Å². The van der Waals surface area contributed by atoms with Crippen molar-refractivity contribution in [1.82, 2.24) is 4.72 Å². The van der Waals surface area contributed by atoms with Gasteiger partial charge in [0, 0.05) is 19.0 Å². The minimum Gasteiger partial charge on any atom is -0.381 e. The van der Waals surface area contributed by atoms with Crippen LogP contribution in [-0.4, -0.2) is 39.3 Å². The van der Waals surface area contributed by atoms with Crippen LogP contribution in [0.2, 0.25) is 0 Å². The highest BCUT2D eigenvalue weighted by atomic mass is 35.5. The molecular weight excluding hydrogens is 238 g/mol. The minimum absolute atomic E-state index is 0.0373. The first-order valence-electron chi connectivity index (χ1n) is 5.16. The van der Waals surface area contributed by atoms with E-state index >= 15 is 0 Å². The van der Waals surface area contributed by atoms with Crippen LogP contribution in [0.15, 0.2) is 0 Å². The van der Waals surface area contributed by atoms with Gasteiger partial charge in [0.2, 0.25) is 10.0 Å². The molecule has 90 valence electrons. The molecule has 0 aromatic heterocycles. The van der Waals surface area contributed by atoms with Crippen molar-refractivity contribution in [3.8, 4) is 0 Å². The van der Waals surface area contributed by atoms with Crippen LogP contribution in [0.5, 0.6) is 0 Å². The number of nitrogens with one attached hydrogen (secondary N) is 1. The lowest BCUT2D eigenvalue weighted by molar-refractivity contribution is 0.107. The summed E-state index contributed by atoms with van der Waals surface area (Å²) in [7, 11) is -1.49. The second kappa shape index (κ2) is 6.03. The number of hydrogen-bond acceptors (Lipinski definition) is 3. The Balaban J connectivity index is 2.35. The van der Waals surface area contributed by atoms with Crippen LogP contribution < -0.4 is 4.72 Å². The van der Waals surface area contributed by atoms with Crippen molar-refractivity contribution in [3.05, 3.63) is 0 Å². The summed E-state index contributed by atoms with van der Waals surface area (Å²) in [5.41, 5.74) is 0. The fraction of sp³-hybridized carbons (Fsp3) is 1.00. The zero-order valence-corrected chi connectivity index (χ0v) is 10.5. The Morgan fingerprint density at radius 2 is 2.20 bits per heavy atom. The topological polar surface area (TPSA) is 55.4 Å². The molecule has 2 unspecified atom stereocenters. The molecule has 0 radical (unpaired) electrons. The van der Waals surface area contributed by atoms with Crippen LogP contribution in [0.4, 0.5) is 0 Å². The third kappa shape index (κ3) is 4.68. The molecule has 1 rings (SSSR count). The lowest BCUT2D eigenvalue weighted by Gasteiger charge is -2.12. The predicted molar refractivity (Wildman–Crippen MR) is 60.7 cm³/mol. The lowest BCUT2D eigenvalue weighted by Crippen LogP contribution is -2.35. The largest absolute Gasteiger partial charge is 0.381 e. The normalized spacial score (nSPS) is 27.1. The summed E-state index contributed by atoms with van der Waals surface area (Å²) >= 11 is 5.46. The van der Waals surface area contributed by atoms with Gasteiger partial charge >= 0.3 is 0 Å². The average Bonchev–Trinajstić information content (AvgIpc) is 2.62. The molecule has 15 heavy (non-hydrogen) atoms. The number of sulfonamides is 1. The van der Waals surface area contributed by atoms with Crippen molar-refractivity contribution in [2.45, 2.75) is 37.8 Å². The summed E-state index contributed by atoms with van der Waals surface area (Å²) in [6.07, 6.45) is 3.26. The molecule has 6 heteroatoms. The van der Waals surface area contributed by atoms with Crippen LogP contribution in [0, 0.1) is 0 Å². The number of ether oxygens (including phenoxy) is 1. The third-order valence-electron chi connectivity index (χ3n) is 2.61. The van der Waals surface area contributed by atoms with Gasteiger partial charge in [-0.3, -0.25) is 0 Å². The maximum absolute atomic E-state index is 11.5. The van der Waals surface area contributed by atoms with Crippen molar-refractivity contribution >= 4 is 21.6 Å². The summed E-state index contributed by atoms with van der Waals surface area (Å²) < 4.78 is 30.9. The standard InChI is InChI=1S/C9H18ClNO3S/c1-14-9-4-3-8(7-9)11-15(12,13)6-2-5-10/h8-9,11H,2-7H2,1H3. The molecule has 1 aliphatic carbocycles. The van der Waals surface area contributed by atoms with Crippen molar-refractivity contribution in [3.63, 3.8) is 0 Å². The van der Waals surface area contributed by atoms with E-state index in [9.17, 15) is 8.42 Å². The number of hydrogen-bond donors (Lipinski definition) is 1. The maximum atomic E-state index is 11.5. The summed E-state index contributed by atoms with van der Waals surface area (Å²) in [5.74, 6) is 0.497. The molecule has 0 spiro atoms. The molecule has 4 nitrogen and oxygen atoms in total. The summed E-state index contributed by atoms with van der Waals surface area (Å²) in [6, 6.07) is 0.0373. The second-order valence-electron chi connectivity index (χ2n) is 3.85. The zero-order valence-electron chi connectivity index (χ0n) is 8.91. The maximum Gasteiger partial charge on any atom is 0.211 e. The molecule has 1 saturated carbocycles. The van der Waals surface area contributed by atoms with E-state index in [4.69, 9.17) is 16.3 Å². The van der Waals surface area contributed by atoms with Gasteiger partial charge in [0.15, 0.2) is 0 Å². The molecule has 0 saturated heterocycles. The quantitative estimate of drug-likeness (QED) is 0.724. The van der Waals surface area contributed by atoms with E-state index in [-0.39, 0.29) is 17.9 Å². The van der Waals surface area contributed by atoms with Gasteiger partial charge in [-0.05, 0) is 25.7 Å². The fourth-order valence-corrected chi connectivity index (χ4v) is 3.47. The first-order valence-corrected chi connectivity index (χ1v) is 7.35. The van der Waals surface area contributed by atoms with Gasteiger partial charge < -0.3 is 4.74 Å². The van der Waals surface area contributed by atoms with Crippen molar-refractivity contribution < 1.29 is 13.2 Å².